The summed E-state index contributed by atoms with van der Waals surface area (Å²) in [7, 11) is 0. The van der Waals surface area contributed by atoms with Crippen molar-refractivity contribution in [1.82, 2.24) is 0 Å². The number of hydrogen-bond acceptors (Lipinski definition) is 2. The molecule has 3 aromatic carbocycles. The van der Waals surface area contributed by atoms with Gasteiger partial charge in [0.1, 0.15) is 0 Å². The van der Waals surface area contributed by atoms with Gasteiger partial charge in [0, 0.05) is 5.56 Å². The summed E-state index contributed by atoms with van der Waals surface area (Å²) >= 11 is 0. The first-order valence-corrected chi connectivity index (χ1v) is 15.4. The van der Waals surface area contributed by atoms with Crippen molar-refractivity contribution in [3.8, 4) is 16.9 Å². The van der Waals surface area contributed by atoms with Crippen LogP contribution in [0.2, 0.25) is 0 Å². The maximum absolute atomic E-state index is 15.1. The number of halogens is 2. The number of carbonyl (C=O) groups is 1. The highest BCUT2D eigenvalue weighted by Gasteiger charge is 2.24. The summed E-state index contributed by atoms with van der Waals surface area (Å²) in [5, 5.41) is 0. The van der Waals surface area contributed by atoms with Crippen molar-refractivity contribution < 1.29 is 18.3 Å². The van der Waals surface area contributed by atoms with Gasteiger partial charge >= 0.3 is 5.97 Å². The molecule has 3 aromatic rings. The van der Waals surface area contributed by atoms with E-state index in [0.29, 0.717) is 23.0 Å². The average molecular weight is 545 g/mol. The summed E-state index contributed by atoms with van der Waals surface area (Å²) in [6.07, 6.45) is 13.5. The monoisotopic (exact) mass is 544 g/mol. The number of benzene rings is 3. The zero-order chi connectivity index (χ0) is 28.1. The lowest BCUT2D eigenvalue weighted by atomic mass is 9.77. The largest absolute Gasteiger partial charge is 0.420 e. The van der Waals surface area contributed by atoms with Gasteiger partial charge in [-0.05, 0) is 116 Å². The van der Waals surface area contributed by atoms with Crippen LogP contribution in [0, 0.1) is 23.5 Å². The van der Waals surface area contributed by atoms with Crippen LogP contribution in [0.4, 0.5) is 8.78 Å². The lowest BCUT2D eigenvalue weighted by Gasteiger charge is -2.28. The molecule has 0 radical (unpaired) electrons. The summed E-state index contributed by atoms with van der Waals surface area (Å²) in [5.41, 5.74) is 3.60. The number of hydrogen-bond donors (Lipinski definition) is 0. The zero-order valence-electron chi connectivity index (χ0n) is 23.9. The van der Waals surface area contributed by atoms with Crippen LogP contribution in [-0.4, -0.2) is 5.97 Å². The summed E-state index contributed by atoms with van der Waals surface area (Å²) < 4.78 is 35.4. The first-order chi connectivity index (χ1) is 19.5. The molecule has 212 valence electrons. The Morgan fingerprint density at radius 3 is 1.80 bits per heavy atom. The fourth-order valence-corrected chi connectivity index (χ4v) is 6.92. The van der Waals surface area contributed by atoms with E-state index in [1.54, 1.807) is 12.1 Å². The van der Waals surface area contributed by atoms with Crippen LogP contribution in [0.1, 0.15) is 118 Å². The van der Waals surface area contributed by atoms with Crippen molar-refractivity contribution in [3.05, 3.63) is 89.0 Å². The van der Waals surface area contributed by atoms with E-state index in [9.17, 15) is 4.79 Å². The van der Waals surface area contributed by atoms with Crippen LogP contribution in [0.3, 0.4) is 0 Å². The van der Waals surface area contributed by atoms with Gasteiger partial charge in [-0.3, -0.25) is 0 Å². The molecule has 0 amide bonds. The lowest BCUT2D eigenvalue weighted by Crippen LogP contribution is -2.14. The Kier molecular flexibility index (Phi) is 9.34. The second-order valence-electron chi connectivity index (χ2n) is 12.0. The van der Waals surface area contributed by atoms with Gasteiger partial charge in [0.25, 0.3) is 0 Å². The Bertz CT molecular complexity index is 1270. The molecule has 0 atom stereocenters. The van der Waals surface area contributed by atoms with Crippen LogP contribution in [0.15, 0.2) is 60.7 Å². The van der Waals surface area contributed by atoms with Gasteiger partial charge in [0.2, 0.25) is 5.82 Å². The van der Waals surface area contributed by atoms with E-state index in [2.05, 4.69) is 13.8 Å². The number of carbonyl (C=O) groups excluding carboxylic acids is 1. The Labute approximate surface area is 238 Å². The van der Waals surface area contributed by atoms with Gasteiger partial charge in [-0.15, -0.1) is 0 Å². The van der Waals surface area contributed by atoms with Crippen molar-refractivity contribution in [2.45, 2.75) is 96.3 Å². The van der Waals surface area contributed by atoms with Gasteiger partial charge in [-0.2, -0.15) is 4.39 Å². The van der Waals surface area contributed by atoms with Gasteiger partial charge in [0.15, 0.2) is 11.6 Å². The molecular weight excluding hydrogens is 502 g/mol. The molecule has 2 saturated carbocycles. The van der Waals surface area contributed by atoms with E-state index >= 15 is 8.78 Å². The van der Waals surface area contributed by atoms with Crippen LogP contribution < -0.4 is 4.74 Å². The van der Waals surface area contributed by atoms with Gasteiger partial charge in [0.05, 0.1) is 5.56 Å². The molecule has 0 aromatic heterocycles. The number of ether oxygens (including phenoxy) is 1. The minimum absolute atomic E-state index is 0.163. The van der Waals surface area contributed by atoms with Crippen LogP contribution >= 0.6 is 0 Å². The molecule has 40 heavy (non-hydrogen) atoms. The number of esters is 1. The fourth-order valence-electron chi connectivity index (χ4n) is 6.92. The molecule has 0 aliphatic heterocycles. The van der Waals surface area contributed by atoms with E-state index in [-0.39, 0.29) is 5.56 Å². The minimum Gasteiger partial charge on any atom is -0.420 e. The molecule has 0 unspecified atom stereocenters. The van der Waals surface area contributed by atoms with E-state index < -0.39 is 23.4 Å². The molecule has 4 heteroatoms. The lowest BCUT2D eigenvalue weighted by molar-refractivity contribution is 0.0726. The quantitative estimate of drug-likeness (QED) is 0.208. The van der Waals surface area contributed by atoms with Gasteiger partial charge < -0.3 is 4.74 Å². The normalized spacial score (nSPS) is 23.1. The van der Waals surface area contributed by atoms with Crippen molar-refractivity contribution >= 4 is 5.97 Å². The first kappa shape index (κ1) is 28.5. The van der Waals surface area contributed by atoms with Crippen molar-refractivity contribution in [2.75, 3.05) is 0 Å². The Morgan fingerprint density at radius 2 is 1.25 bits per heavy atom. The fraction of sp³-hybridized carbons (Fsp3) is 0.472. The topological polar surface area (TPSA) is 26.3 Å². The van der Waals surface area contributed by atoms with Crippen LogP contribution in [0.5, 0.6) is 5.75 Å². The summed E-state index contributed by atoms with van der Waals surface area (Å²) in [6.45, 7) is 4.51. The Balaban J connectivity index is 1.21. The van der Waals surface area contributed by atoms with Crippen LogP contribution in [0.25, 0.3) is 11.1 Å². The standard InChI is InChI=1S/C36H42F2O2/c1-3-5-25-8-12-27(13-9-25)29-16-20-31(21-17-29)36(39)40-33-23-22-32(34(37)35(33)38)30-18-14-28(15-19-30)26-10-6-24(4-2)7-11-26/h14-27H,3-13H2,1-2H3. The third kappa shape index (κ3) is 6.48. The van der Waals surface area contributed by atoms with E-state index in [1.807, 2.05) is 36.4 Å². The van der Waals surface area contributed by atoms with Crippen molar-refractivity contribution in [2.24, 2.45) is 11.8 Å². The van der Waals surface area contributed by atoms with Gasteiger partial charge in [-0.1, -0.05) is 69.5 Å². The molecule has 2 aliphatic rings. The average Bonchev–Trinajstić information content (AvgIpc) is 3.00. The molecular formula is C36H42F2O2. The van der Waals surface area contributed by atoms with Crippen molar-refractivity contribution in [3.63, 3.8) is 0 Å². The molecule has 2 nitrogen and oxygen atoms in total. The Hall–Kier alpha value is -3.01. The highest BCUT2D eigenvalue weighted by atomic mass is 19.2. The van der Waals surface area contributed by atoms with E-state index in [1.165, 1.54) is 93.9 Å². The molecule has 2 aliphatic carbocycles. The minimum atomic E-state index is -1.15. The van der Waals surface area contributed by atoms with Crippen molar-refractivity contribution in [1.29, 1.82) is 0 Å². The number of rotatable bonds is 8. The zero-order valence-corrected chi connectivity index (χ0v) is 23.9. The maximum atomic E-state index is 15.1. The molecule has 0 saturated heterocycles. The smallest absolute Gasteiger partial charge is 0.343 e. The predicted octanol–water partition coefficient (Wildman–Crippen LogP) is 10.6. The Morgan fingerprint density at radius 1 is 0.700 bits per heavy atom. The molecule has 0 N–H and O–H groups in total. The van der Waals surface area contributed by atoms with E-state index in [0.717, 1.165) is 11.8 Å². The second kappa shape index (κ2) is 13.1. The third-order valence-corrected chi connectivity index (χ3v) is 9.53. The highest BCUT2D eigenvalue weighted by molar-refractivity contribution is 5.91. The molecule has 0 bridgehead atoms. The molecule has 0 heterocycles. The molecule has 0 spiro atoms. The highest BCUT2D eigenvalue weighted by Crippen LogP contribution is 2.39. The molecule has 2 fully saturated rings. The summed E-state index contributed by atoms with van der Waals surface area (Å²) in [5.74, 6) is -0.506. The summed E-state index contributed by atoms with van der Waals surface area (Å²) in [6, 6.07) is 18.0. The first-order valence-electron chi connectivity index (χ1n) is 15.4. The second-order valence-corrected chi connectivity index (χ2v) is 12.0. The van der Waals surface area contributed by atoms with E-state index in [4.69, 9.17) is 4.74 Å². The maximum Gasteiger partial charge on any atom is 0.343 e. The SMILES string of the molecule is CCCC1CCC(c2ccc(C(=O)Oc3ccc(-c4ccc(C5CCC(CC)CC5)cc4)c(F)c3F)cc2)CC1. The van der Waals surface area contributed by atoms with Gasteiger partial charge in [-0.25, -0.2) is 9.18 Å². The summed E-state index contributed by atoms with van der Waals surface area (Å²) in [4.78, 5) is 12.8. The van der Waals surface area contributed by atoms with Crippen LogP contribution in [-0.2, 0) is 0 Å². The predicted molar refractivity (Wildman–Crippen MR) is 158 cm³/mol. The molecule has 5 rings (SSSR count). The third-order valence-electron chi connectivity index (χ3n) is 9.53.